The van der Waals surface area contributed by atoms with Crippen molar-refractivity contribution < 1.29 is 0 Å². The summed E-state index contributed by atoms with van der Waals surface area (Å²) in [6.07, 6.45) is 6.76. The Labute approximate surface area is 338 Å². The molecule has 2 aliphatic rings. The molecule has 2 aliphatic carbocycles. The molecule has 0 spiro atoms. The lowest BCUT2D eigenvalue weighted by Gasteiger charge is -2.28. The number of benzene rings is 8. The van der Waals surface area contributed by atoms with E-state index in [0.29, 0.717) is 0 Å². The normalized spacial score (nSPS) is 14.6. The Morgan fingerprint density at radius 2 is 0.947 bits per heavy atom. The van der Waals surface area contributed by atoms with Gasteiger partial charge in [-0.3, -0.25) is 0 Å². The highest BCUT2D eigenvalue weighted by molar-refractivity contribution is 5.97. The lowest BCUT2D eigenvalue weighted by Crippen LogP contribution is -2.16. The first-order valence-electron chi connectivity index (χ1n) is 20.9. The van der Waals surface area contributed by atoms with Crippen molar-refractivity contribution in [1.29, 1.82) is 0 Å². The van der Waals surface area contributed by atoms with Gasteiger partial charge in [-0.15, -0.1) is 0 Å². The summed E-state index contributed by atoms with van der Waals surface area (Å²) in [7, 11) is 0. The van der Waals surface area contributed by atoms with Crippen LogP contribution in [0.2, 0.25) is 0 Å². The third-order valence-corrected chi connectivity index (χ3v) is 13.0. The maximum Gasteiger partial charge on any atom is 0.0465 e. The molecule has 0 atom stereocenters. The van der Waals surface area contributed by atoms with Crippen LogP contribution in [-0.4, -0.2) is 0 Å². The van der Waals surface area contributed by atoms with Crippen LogP contribution in [-0.2, 0) is 5.41 Å². The first kappa shape index (κ1) is 35.2. The second-order valence-electron chi connectivity index (χ2n) is 16.8. The van der Waals surface area contributed by atoms with E-state index in [0.717, 1.165) is 17.3 Å². The number of nitrogens with zero attached hydrogens (tertiary/aromatic N) is 1. The Morgan fingerprint density at radius 1 is 0.421 bits per heavy atom. The molecule has 1 heteroatoms. The van der Waals surface area contributed by atoms with Crippen molar-refractivity contribution in [3.63, 3.8) is 0 Å². The number of fused-ring (bicyclic) bond motifs is 4. The van der Waals surface area contributed by atoms with E-state index in [4.69, 9.17) is 0 Å². The predicted molar refractivity (Wildman–Crippen MR) is 243 cm³/mol. The van der Waals surface area contributed by atoms with Crippen LogP contribution in [0.4, 0.5) is 17.1 Å². The first-order chi connectivity index (χ1) is 27.9. The summed E-state index contributed by atoms with van der Waals surface area (Å²) < 4.78 is 0. The van der Waals surface area contributed by atoms with Gasteiger partial charge in [-0.05, 0) is 152 Å². The molecule has 1 fully saturated rings. The van der Waals surface area contributed by atoms with Crippen LogP contribution in [0.1, 0.15) is 74.1 Å². The standard InChI is InChI=1S/C56H49N/c1-38-13-7-10-18-49(38)53-36-45-17-9-8-16-44(45)35-52(53)43-27-31-47(32-28-43)57(48-33-34-51-50-19-11-12-20-54(50)56(2,3)55(51)37-48)46-29-25-42(26-30-46)41-23-21-40(22-24-41)39-14-5-4-6-15-39/h7-13,16-37,39H,4-6,14-15H2,1-3H3. The molecule has 0 aromatic heterocycles. The van der Waals surface area contributed by atoms with Crippen LogP contribution in [0.25, 0.3) is 55.3 Å². The Bertz CT molecular complexity index is 2730. The lowest BCUT2D eigenvalue weighted by atomic mass is 9.82. The number of hydrogen-bond donors (Lipinski definition) is 0. The van der Waals surface area contributed by atoms with E-state index < -0.39 is 0 Å². The Hall–Kier alpha value is -6.18. The van der Waals surface area contributed by atoms with Crippen molar-refractivity contribution in [1.82, 2.24) is 0 Å². The molecular formula is C56H49N. The number of anilines is 3. The fourth-order valence-corrected chi connectivity index (χ4v) is 9.83. The van der Waals surface area contributed by atoms with Gasteiger partial charge in [-0.2, -0.15) is 0 Å². The summed E-state index contributed by atoms with van der Waals surface area (Å²) in [5.74, 6) is 0.718. The maximum absolute atomic E-state index is 2.43. The van der Waals surface area contributed by atoms with E-state index in [1.807, 2.05) is 0 Å². The Balaban J connectivity index is 1.06. The second kappa shape index (κ2) is 14.4. The fraction of sp³-hybridized carbons (Fsp3) is 0.179. The van der Waals surface area contributed by atoms with E-state index in [9.17, 15) is 0 Å². The minimum Gasteiger partial charge on any atom is -0.310 e. The molecule has 57 heavy (non-hydrogen) atoms. The average molecular weight is 736 g/mol. The smallest absolute Gasteiger partial charge is 0.0465 e. The van der Waals surface area contributed by atoms with Gasteiger partial charge < -0.3 is 4.90 Å². The molecule has 0 radical (unpaired) electrons. The van der Waals surface area contributed by atoms with Crippen LogP contribution in [0.15, 0.2) is 176 Å². The molecule has 0 N–H and O–H groups in total. The number of rotatable bonds is 7. The summed E-state index contributed by atoms with van der Waals surface area (Å²) >= 11 is 0. The van der Waals surface area contributed by atoms with Crippen molar-refractivity contribution in [2.45, 2.75) is 64.2 Å². The third kappa shape index (κ3) is 6.36. The first-order valence-corrected chi connectivity index (χ1v) is 20.9. The topological polar surface area (TPSA) is 3.24 Å². The van der Waals surface area contributed by atoms with Crippen LogP contribution in [0, 0.1) is 6.92 Å². The summed E-state index contributed by atoms with van der Waals surface area (Å²) in [5, 5.41) is 2.51. The van der Waals surface area contributed by atoms with Gasteiger partial charge in [0.05, 0.1) is 0 Å². The fourth-order valence-electron chi connectivity index (χ4n) is 9.83. The van der Waals surface area contributed by atoms with Gasteiger partial charge in [0.1, 0.15) is 0 Å². The van der Waals surface area contributed by atoms with Crippen molar-refractivity contribution in [3.05, 3.63) is 198 Å². The molecule has 0 saturated heterocycles. The van der Waals surface area contributed by atoms with Gasteiger partial charge in [-0.25, -0.2) is 0 Å². The quantitative estimate of drug-likeness (QED) is 0.158. The SMILES string of the molecule is Cc1ccccc1-c1cc2ccccc2cc1-c1ccc(N(c2ccc(-c3ccc(C4CCCCC4)cc3)cc2)c2ccc3c(c2)C(C)(C)c2ccccc2-3)cc1. The van der Waals surface area contributed by atoms with Crippen molar-refractivity contribution >= 4 is 27.8 Å². The zero-order valence-electron chi connectivity index (χ0n) is 33.3. The average Bonchev–Trinajstić information content (AvgIpc) is 3.49. The Kier molecular flexibility index (Phi) is 8.90. The molecule has 0 amide bonds. The lowest BCUT2D eigenvalue weighted by molar-refractivity contribution is 0.443. The molecule has 0 aliphatic heterocycles. The van der Waals surface area contributed by atoms with Crippen molar-refractivity contribution in [2.75, 3.05) is 4.90 Å². The van der Waals surface area contributed by atoms with Gasteiger partial charge >= 0.3 is 0 Å². The van der Waals surface area contributed by atoms with E-state index in [2.05, 4.69) is 202 Å². The minimum absolute atomic E-state index is 0.0901. The van der Waals surface area contributed by atoms with Gasteiger partial charge in [0.15, 0.2) is 0 Å². The van der Waals surface area contributed by atoms with E-state index in [1.54, 1.807) is 0 Å². The third-order valence-electron chi connectivity index (χ3n) is 13.0. The molecule has 0 heterocycles. The van der Waals surface area contributed by atoms with Crippen LogP contribution in [0.3, 0.4) is 0 Å². The molecule has 8 aromatic carbocycles. The van der Waals surface area contributed by atoms with E-state index in [-0.39, 0.29) is 5.41 Å². The van der Waals surface area contributed by atoms with Gasteiger partial charge in [-0.1, -0.05) is 161 Å². The van der Waals surface area contributed by atoms with Gasteiger partial charge in [0.2, 0.25) is 0 Å². The van der Waals surface area contributed by atoms with Gasteiger partial charge in [0.25, 0.3) is 0 Å². The largest absolute Gasteiger partial charge is 0.310 e. The highest BCUT2D eigenvalue weighted by Crippen LogP contribution is 2.51. The zero-order valence-corrected chi connectivity index (χ0v) is 33.3. The van der Waals surface area contributed by atoms with Crippen molar-refractivity contribution in [3.8, 4) is 44.5 Å². The molecule has 8 aromatic rings. The predicted octanol–water partition coefficient (Wildman–Crippen LogP) is 16.0. The minimum atomic E-state index is -0.0901. The number of hydrogen-bond acceptors (Lipinski definition) is 1. The summed E-state index contributed by atoms with van der Waals surface area (Å²) in [4.78, 5) is 2.43. The molecule has 0 bridgehead atoms. The highest BCUT2D eigenvalue weighted by Gasteiger charge is 2.35. The van der Waals surface area contributed by atoms with E-state index in [1.165, 1.54) is 115 Å². The molecule has 278 valence electrons. The van der Waals surface area contributed by atoms with Crippen LogP contribution >= 0.6 is 0 Å². The molecule has 1 nitrogen and oxygen atoms in total. The Morgan fingerprint density at radius 3 is 1.61 bits per heavy atom. The monoisotopic (exact) mass is 735 g/mol. The summed E-state index contributed by atoms with van der Waals surface area (Å²) in [6, 6.07) is 66.0. The maximum atomic E-state index is 2.43. The van der Waals surface area contributed by atoms with Crippen molar-refractivity contribution in [2.24, 2.45) is 0 Å². The summed E-state index contributed by atoms with van der Waals surface area (Å²) in [6.45, 7) is 6.94. The zero-order chi connectivity index (χ0) is 38.5. The van der Waals surface area contributed by atoms with Gasteiger partial charge in [0, 0.05) is 22.5 Å². The molecule has 1 saturated carbocycles. The molecule has 0 unspecified atom stereocenters. The second-order valence-corrected chi connectivity index (χ2v) is 16.8. The molecular weight excluding hydrogens is 687 g/mol. The highest BCUT2D eigenvalue weighted by atomic mass is 15.1. The molecule has 10 rings (SSSR count). The van der Waals surface area contributed by atoms with E-state index >= 15 is 0 Å². The number of aryl methyl sites for hydroxylation is 1. The van der Waals surface area contributed by atoms with Crippen LogP contribution < -0.4 is 4.90 Å². The van der Waals surface area contributed by atoms with Crippen LogP contribution in [0.5, 0.6) is 0 Å². The summed E-state index contributed by atoms with van der Waals surface area (Å²) in [5.41, 5.74) is 19.1.